The van der Waals surface area contributed by atoms with Gasteiger partial charge < -0.3 is 0 Å². The highest BCUT2D eigenvalue weighted by molar-refractivity contribution is 5.96. The summed E-state index contributed by atoms with van der Waals surface area (Å²) in [7, 11) is 0. The van der Waals surface area contributed by atoms with Gasteiger partial charge in [0.2, 0.25) is 0 Å². The lowest BCUT2D eigenvalue weighted by atomic mass is 10.1. The number of hydrogen-bond acceptors (Lipinski definition) is 2. The van der Waals surface area contributed by atoms with Crippen LogP contribution in [0.2, 0.25) is 0 Å². The molecule has 0 aromatic carbocycles. The Morgan fingerprint density at radius 2 is 2.12 bits per heavy atom. The van der Waals surface area contributed by atoms with Crippen LogP contribution in [-0.2, 0) is 0 Å². The molecule has 0 unspecified atom stereocenters. The lowest BCUT2D eigenvalue weighted by Gasteiger charge is -2.05. The number of nitrogens with zero attached hydrogens (tertiary/aromatic N) is 2. The highest BCUT2D eigenvalue weighted by Gasteiger charge is 2.16. The lowest BCUT2D eigenvalue weighted by molar-refractivity contribution is 0.730. The van der Waals surface area contributed by atoms with Gasteiger partial charge in [-0.1, -0.05) is 0 Å². The van der Waals surface area contributed by atoms with E-state index in [-0.39, 0.29) is 5.54 Å². The Hall–Kier alpha value is -0.660. The fourth-order valence-corrected chi connectivity index (χ4v) is 0.726. The molecule has 0 aromatic heterocycles. The van der Waals surface area contributed by atoms with Gasteiger partial charge in [0.05, 0.1) is 5.54 Å². The zero-order valence-corrected chi connectivity index (χ0v) is 5.47. The van der Waals surface area contributed by atoms with Crippen molar-refractivity contribution in [2.45, 2.75) is 26.3 Å². The maximum absolute atomic E-state index is 4.22. The standard InChI is InChI=1S/C6H10N2/c1-5-7-4-6(2,3)8-5/h4H,1-3H3. The van der Waals surface area contributed by atoms with E-state index < -0.39 is 0 Å². The van der Waals surface area contributed by atoms with E-state index in [1.54, 1.807) is 0 Å². The summed E-state index contributed by atoms with van der Waals surface area (Å²) in [4.78, 5) is 8.23. The van der Waals surface area contributed by atoms with Crippen molar-refractivity contribution in [3.05, 3.63) is 0 Å². The van der Waals surface area contributed by atoms with Crippen LogP contribution in [0.5, 0.6) is 0 Å². The summed E-state index contributed by atoms with van der Waals surface area (Å²) in [6, 6.07) is 0. The minimum absolute atomic E-state index is 0.0376. The number of amidine groups is 1. The highest BCUT2D eigenvalue weighted by Crippen LogP contribution is 2.10. The Bertz CT molecular complexity index is 154. The first kappa shape index (κ1) is 5.48. The molecule has 0 atom stereocenters. The van der Waals surface area contributed by atoms with Gasteiger partial charge in [0.15, 0.2) is 0 Å². The molecule has 0 N–H and O–H groups in total. The van der Waals surface area contributed by atoms with Gasteiger partial charge in [0.1, 0.15) is 5.84 Å². The van der Waals surface area contributed by atoms with Crippen LogP contribution in [0, 0.1) is 0 Å². The van der Waals surface area contributed by atoms with E-state index in [4.69, 9.17) is 0 Å². The van der Waals surface area contributed by atoms with Gasteiger partial charge in [-0.25, -0.2) is 4.99 Å². The second-order valence-electron chi connectivity index (χ2n) is 2.57. The number of aliphatic imine (C=N–C) groups is 2. The third kappa shape index (κ3) is 0.941. The topological polar surface area (TPSA) is 24.7 Å². The van der Waals surface area contributed by atoms with Gasteiger partial charge in [-0.2, -0.15) is 0 Å². The second-order valence-corrected chi connectivity index (χ2v) is 2.57. The maximum atomic E-state index is 4.22. The molecule has 1 aliphatic heterocycles. The molecule has 0 saturated carbocycles. The van der Waals surface area contributed by atoms with Crippen LogP contribution in [0.1, 0.15) is 20.8 Å². The molecule has 0 aliphatic carbocycles. The normalized spacial score (nSPS) is 23.6. The first-order chi connectivity index (χ1) is 3.60. The van der Waals surface area contributed by atoms with Crippen LogP contribution >= 0.6 is 0 Å². The van der Waals surface area contributed by atoms with E-state index in [9.17, 15) is 0 Å². The van der Waals surface area contributed by atoms with E-state index in [0.29, 0.717) is 0 Å². The molecule has 0 amide bonds. The second kappa shape index (κ2) is 1.41. The van der Waals surface area contributed by atoms with E-state index in [0.717, 1.165) is 5.84 Å². The average molecular weight is 110 g/mol. The van der Waals surface area contributed by atoms with Gasteiger partial charge in [-0.05, 0) is 20.8 Å². The molecule has 2 heteroatoms. The zero-order valence-electron chi connectivity index (χ0n) is 5.47. The summed E-state index contributed by atoms with van der Waals surface area (Å²) >= 11 is 0. The summed E-state index contributed by atoms with van der Waals surface area (Å²) in [6.07, 6.45) is 1.86. The molecule has 8 heavy (non-hydrogen) atoms. The molecule has 1 aliphatic rings. The van der Waals surface area contributed by atoms with Crippen LogP contribution in [0.25, 0.3) is 0 Å². The average Bonchev–Trinajstić information content (AvgIpc) is 1.82. The minimum atomic E-state index is -0.0376. The molecular weight excluding hydrogens is 100 g/mol. The lowest BCUT2D eigenvalue weighted by Crippen LogP contribution is -2.14. The predicted octanol–water partition coefficient (Wildman–Crippen LogP) is 1.27. The van der Waals surface area contributed by atoms with Crippen molar-refractivity contribution in [2.75, 3.05) is 0 Å². The van der Waals surface area contributed by atoms with Gasteiger partial charge >= 0.3 is 0 Å². The van der Waals surface area contributed by atoms with E-state index in [1.165, 1.54) is 0 Å². The summed E-state index contributed by atoms with van der Waals surface area (Å²) < 4.78 is 0. The first-order valence-corrected chi connectivity index (χ1v) is 2.72. The quantitative estimate of drug-likeness (QED) is 0.448. The molecule has 44 valence electrons. The summed E-state index contributed by atoms with van der Waals surface area (Å²) in [5, 5.41) is 0. The monoisotopic (exact) mass is 110 g/mol. The third-order valence-electron chi connectivity index (χ3n) is 1.02. The van der Waals surface area contributed by atoms with E-state index in [2.05, 4.69) is 9.98 Å². The van der Waals surface area contributed by atoms with Crippen LogP contribution in [0.3, 0.4) is 0 Å². The molecule has 1 rings (SSSR count). The Morgan fingerprint density at radius 1 is 1.50 bits per heavy atom. The van der Waals surface area contributed by atoms with Crippen molar-refractivity contribution in [3.8, 4) is 0 Å². The predicted molar refractivity (Wildman–Crippen MR) is 35.7 cm³/mol. The summed E-state index contributed by atoms with van der Waals surface area (Å²) in [6.45, 7) is 5.98. The van der Waals surface area contributed by atoms with Gasteiger partial charge in [0.25, 0.3) is 0 Å². The van der Waals surface area contributed by atoms with Gasteiger partial charge in [0, 0.05) is 6.21 Å². The van der Waals surface area contributed by atoms with Crippen LogP contribution < -0.4 is 0 Å². The van der Waals surface area contributed by atoms with Crippen LogP contribution in [0.4, 0.5) is 0 Å². The third-order valence-corrected chi connectivity index (χ3v) is 1.02. The highest BCUT2D eigenvalue weighted by atomic mass is 15.0. The maximum Gasteiger partial charge on any atom is 0.120 e. The Labute approximate surface area is 49.3 Å². The van der Waals surface area contributed by atoms with E-state index >= 15 is 0 Å². The SMILES string of the molecule is CC1=NC(C)(C)C=N1. The van der Waals surface area contributed by atoms with Crippen molar-refractivity contribution in [3.63, 3.8) is 0 Å². The number of rotatable bonds is 0. The number of hydrogen-bond donors (Lipinski definition) is 0. The molecular formula is C6H10N2. The summed E-state index contributed by atoms with van der Waals surface area (Å²) in [5.74, 6) is 0.884. The van der Waals surface area contributed by atoms with Crippen molar-refractivity contribution in [2.24, 2.45) is 9.98 Å². The van der Waals surface area contributed by atoms with Crippen molar-refractivity contribution in [1.82, 2.24) is 0 Å². The minimum Gasteiger partial charge on any atom is -0.259 e. The van der Waals surface area contributed by atoms with E-state index in [1.807, 2.05) is 27.0 Å². The van der Waals surface area contributed by atoms with Gasteiger partial charge in [-0.15, -0.1) is 0 Å². The fraction of sp³-hybridized carbons (Fsp3) is 0.667. The first-order valence-electron chi connectivity index (χ1n) is 2.72. The molecule has 0 saturated heterocycles. The molecule has 0 aromatic rings. The van der Waals surface area contributed by atoms with Crippen LogP contribution in [0.15, 0.2) is 9.98 Å². The largest absolute Gasteiger partial charge is 0.259 e. The molecule has 0 spiro atoms. The van der Waals surface area contributed by atoms with Crippen LogP contribution in [-0.4, -0.2) is 17.6 Å². The molecule has 0 bridgehead atoms. The summed E-state index contributed by atoms with van der Waals surface area (Å²) in [5.41, 5.74) is -0.0376. The Kier molecular flexibility index (Phi) is 0.962. The van der Waals surface area contributed by atoms with Gasteiger partial charge in [-0.3, -0.25) is 4.99 Å². The molecule has 0 fully saturated rings. The Balaban J connectivity index is 2.84. The Morgan fingerprint density at radius 3 is 2.25 bits per heavy atom. The fourth-order valence-electron chi connectivity index (χ4n) is 0.726. The smallest absolute Gasteiger partial charge is 0.120 e. The van der Waals surface area contributed by atoms with Crippen molar-refractivity contribution >= 4 is 12.1 Å². The molecule has 2 nitrogen and oxygen atoms in total. The van der Waals surface area contributed by atoms with Crippen molar-refractivity contribution < 1.29 is 0 Å². The zero-order chi connectivity index (χ0) is 6.20. The molecule has 0 radical (unpaired) electrons. The molecule has 1 heterocycles. The van der Waals surface area contributed by atoms with Crippen molar-refractivity contribution in [1.29, 1.82) is 0 Å².